The molecule has 1 amide bonds. The van der Waals surface area contributed by atoms with Crippen LogP contribution in [0.2, 0.25) is 5.02 Å². The van der Waals surface area contributed by atoms with Gasteiger partial charge in [-0.2, -0.15) is 0 Å². The number of amides is 1. The standard InChI is InChI=1S/C30H27ClN4O5/c1-17-21(4-3-5-25(17)34-14-18-6-7-19(31)12-23(18)29(36)37)24-15-33-16-27-28(24)22-9-8-20(40-11-10-39-2)13-26(22)35(27)30(32)38/h3-9,12-13,15-16,34H,10-11,14H2,1-2H3,(H2,32,38)(H,36,37). The Bertz CT molecular complexity index is 1760. The molecule has 2 heterocycles. The Morgan fingerprint density at radius 2 is 1.88 bits per heavy atom. The first kappa shape index (κ1) is 27.0. The maximum Gasteiger partial charge on any atom is 0.336 e. The Balaban J connectivity index is 1.58. The number of nitrogens with two attached hydrogens (primary N) is 1. The van der Waals surface area contributed by atoms with Crippen molar-refractivity contribution >= 4 is 51.1 Å². The van der Waals surface area contributed by atoms with Gasteiger partial charge < -0.3 is 25.6 Å². The Morgan fingerprint density at radius 1 is 1.05 bits per heavy atom. The maximum absolute atomic E-state index is 12.6. The van der Waals surface area contributed by atoms with E-state index in [0.717, 1.165) is 33.2 Å². The molecular weight excluding hydrogens is 532 g/mol. The van der Waals surface area contributed by atoms with Crippen LogP contribution in [0.25, 0.3) is 32.9 Å². The largest absolute Gasteiger partial charge is 0.491 e. The third-order valence-corrected chi connectivity index (χ3v) is 7.05. The Morgan fingerprint density at radius 3 is 2.62 bits per heavy atom. The van der Waals surface area contributed by atoms with Gasteiger partial charge in [0.25, 0.3) is 0 Å². The zero-order valence-electron chi connectivity index (χ0n) is 21.9. The second-order valence-corrected chi connectivity index (χ2v) is 9.65. The van der Waals surface area contributed by atoms with Crippen LogP contribution in [-0.2, 0) is 11.3 Å². The average molecular weight is 559 g/mol. The molecular formula is C30H27ClN4O5. The van der Waals surface area contributed by atoms with Crippen molar-refractivity contribution < 1.29 is 24.2 Å². The number of benzene rings is 3. The number of pyridine rings is 1. The molecule has 9 nitrogen and oxygen atoms in total. The van der Waals surface area contributed by atoms with Gasteiger partial charge >= 0.3 is 12.0 Å². The number of anilines is 1. The predicted octanol–water partition coefficient (Wildman–Crippen LogP) is 6.08. The number of ether oxygens (including phenoxy) is 2. The average Bonchev–Trinajstić information content (AvgIpc) is 3.27. The summed E-state index contributed by atoms with van der Waals surface area (Å²) in [7, 11) is 1.60. The Kier molecular flexibility index (Phi) is 7.59. The van der Waals surface area contributed by atoms with Crippen LogP contribution in [0.5, 0.6) is 5.75 Å². The molecule has 5 aromatic rings. The monoisotopic (exact) mass is 558 g/mol. The van der Waals surface area contributed by atoms with Gasteiger partial charge in [-0.3, -0.25) is 9.55 Å². The van der Waals surface area contributed by atoms with Crippen molar-refractivity contribution in [3.63, 3.8) is 0 Å². The molecule has 204 valence electrons. The molecule has 0 saturated heterocycles. The first-order valence-corrected chi connectivity index (χ1v) is 12.9. The van der Waals surface area contributed by atoms with E-state index in [1.54, 1.807) is 37.7 Å². The minimum absolute atomic E-state index is 0.146. The summed E-state index contributed by atoms with van der Waals surface area (Å²) in [5.41, 5.74) is 11.3. The maximum atomic E-state index is 12.6. The number of carbonyl (C=O) groups excluding carboxylic acids is 1. The first-order valence-electron chi connectivity index (χ1n) is 12.5. The number of hydrogen-bond acceptors (Lipinski definition) is 6. The lowest BCUT2D eigenvalue weighted by Gasteiger charge is -2.15. The molecule has 0 spiro atoms. The Labute approximate surface area is 235 Å². The number of carbonyl (C=O) groups is 2. The highest BCUT2D eigenvalue weighted by Gasteiger charge is 2.20. The van der Waals surface area contributed by atoms with Gasteiger partial charge in [-0.05, 0) is 53.9 Å². The summed E-state index contributed by atoms with van der Waals surface area (Å²) in [6, 6.07) is 15.6. The van der Waals surface area contributed by atoms with E-state index in [1.807, 2.05) is 37.3 Å². The number of primary amides is 1. The Hall–Kier alpha value is -4.60. The SMILES string of the molecule is COCCOc1ccc2c3c(-c4cccc(NCc5ccc(Cl)cc5C(=O)O)c4C)cncc3n(C(N)=O)c2c1. The molecule has 0 atom stereocenters. The zero-order valence-corrected chi connectivity index (χ0v) is 22.7. The van der Waals surface area contributed by atoms with Gasteiger partial charge in [0.15, 0.2) is 0 Å². The first-order chi connectivity index (χ1) is 19.3. The molecule has 40 heavy (non-hydrogen) atoms. The van der Waals surface area contributed by atoms with Crippen molar-refractivity contribution in [2.75, 3.05) is 25.6 Å². The zero-order chi connectivity index (χ0) is 28.4. The lowest BCUT2D eigenvalue weighted by Crippen LogP contribution is -2.19. The fourth-order valence-corrected chi connectivity index (χ4v) is 5.10. The molecule has 0 aliphatic rings. The van der Waals surface area contributed by atoms with Crippen LogP contribution >= 0.6 is 11.6 Å². The molecule has 0 unspecified atom stereocenters. The number of carboxylic acid groups (broad SMARTS) is 1. The number of nitrogens with zero attached hydrogens (tertiary/aromatic N) is 2. The summed E-state index contributed by atoms with van der Waals surface area (Å²) in [5.74, 6) is -0.449. The molecule has 2 aromatic heterocycles. The highest BCUT2D eigenvalue weighted by atomic mass is 35.5. The van der Waals surface area contributed by atoms with E-state index >= 15 is 0 Å². The molecule has 0 bridgehead atoms. The molecule has 5 rings (SSSR count). The topological polar surface area (TPSA) is 129 Å². The molecule has 0 fully saturated rings. The molecule has 3 aromatic carbocycles. The van der Waals surface area contributed by atoms with Gasteiger partial charge in [-0.15, -0.1) is 0 Å². The van der Waals surface area contributed by atoms with Crippen molar-refractivity contribution in [3.8, 4) is 16.9 Å². The van der Waals surface area contributed by atoms with Crippen molar-refractivity contribution in [1.82, 2.24) is 9.55 Å². The summed E-state index contributed by atoms with van der Waals surface area (Å²) in [6.07, 6.45) is 3.39. The van der Waals surface area contributed by atoms with Crippen LogP contribution in [0.3, 0.4) is 0 Å². The molecule has 10 heteroatoms. The van der Waals surface area contributed by atoms with E-state index in [-0.39, 0.29) is 5.56 Å². The van der Waals surface area contributed by atoms with Crippen molar-refractivity contribution in [1.29, 1.82) is 0 Å². The van der Waals surface area contributed by atoms with E-state index in [0.29, 0.717) is 47.1 Å². The third-order valence-electron chi connectivity index (χ3n) is 6.82. The number of aromatic nitrogens is 2. The van der Waals surface area contributed by atoms with Gasteiger partial charge in [0.05, 0.1) is 29.4 Å². The summed E-state index contributed by atoms with van der Waals surface area (Å²) in [5, 5.41) is 15.0. The number of carboxylic acids is 1. The smallest absolute Gasteiger partial charge is 0.336 e. The number of rotatable bonds is 9. The van der Waals surface area contributed by atoms with Crippen LogP contribution in [0.15, 0.2) is 67.0 Å². The number of fused-ring (bicyclic) bond motifs is 3. The number of methoxy groups -OCH3 is 1. The molecule has 0 aliphatic carbocycles. The highest BCUT2D eigenvalue weighted by Crippen LogP contribution is 2.39. The van der Waals surface area contributed by atoms with Crippen molar-refractivity contribution in [3.05, 3.63) is 88.7 Å². The summed E-state index contributed by atoms with van der Waals surface area (Å²) < 4.78 is 12.3. The van der Waals surface area contributed by atoms with E-state index in [4.69, 9.17) is 26.8 Å². The van der Waals surface area contributed by atoms with E-state index in [1.165, 1.54) is 10.6 Å². The van der Waals surface area contributed by atoms with Crippen LogP contribution in [0, 0.1) is 6.92 Å². The normalized spacial score (nSPS) is 11.2. The van der Waals surface area contributed by atoms with Crippen LogP contribution in [-0.4, -0.2) is 47.0 Å². The molecule has 4 N–H and O–H groups in total. The van der Waals surface area contributed by atoms with Gasteiger partial charge in [-0.1, -0.05) is 29.8 Å². The van der Waals surface area contributed by atoms with Crippen molar-refractivity contribution in [2.24, 2.45) is 5.73 Å². The molecule has 0 saturated carbocycles. The van der Waals surface area contributed by atoms with Crippen LogP contribution in [0.1, 0.15) is 21.5 Å². The fourth-order valence-electron chi connectivity index (χ4n) is 4.93. The number of halogens is 1. The second-order valence-electron chi connectivity index (χ2n) is 9.21. The van der Waals surface area contributed by atoms with Gasteiger partial charge in [-0.25, -0.2) is 9.59 Å². The summed E-state index contributed by atoms with van der Waals surface area (Å²) in [4.78, 5) is 28.7. The minimum Gasteiger partial charge on any atom is -0.491 e. The summed E-state index contributed by atoms with van der Waals surface area (Å²) in [6.45, 7) is 3.07. The fraction of sp³-hybridized carbons (Fsp3) is 0.167. The van der Waals surface area contributed by atoms with E-state index in [9.17, 15) is 14.7 Å². The van der Waals surface area contributed by atoms with Gasteiger partial charge in [0, 0.05) is 53.0 Å². The quantitative estimate of drug-likeness (QED) is 0.187. The highest BCUT2D eigenvalue weighted by molar-refractivity contribution is 6.31. The number of hydrogen-bond donors (Lipinski definition) is 3. The van der Waals surface area contributed by atoms with Gasteiger partial charge in [0.1, 0.15) is 12.4 Å². The molecule has 0 radical (unpaired) electrons. The van der Waals surface area contributed by atoms with Crippen LogP contribution in [0.4, 0.5) is 10.5 Å². The van der Waals surface area contributed by atoms with E-state index < -0.39 is 12.0 Å². The van der Waals surface area contributed by atoms with Crippen molar-refractivity contribution in [2.45, 2.75) is 13.5 Å². The third kappa shape index (κ3) is 5.04. The van der Waals surface area contributed by atoms with E-state index in [2.05, 4.69) is 10.3 Å². The molecule has 0 aliphatic heterocycles. The predicted molar refractivity (Wildman–Crippen MR) is 156 cm³/mol. The van der Waals surface area contributed by atoms with Gasteiger partial charge in [0.2, 0.25) is 0 Å². The summed E-state index contributed by atoms with van der Waals surface area (Å²) >= 11 is 6.01. The lowest BCUT2D eigenvalue weighted by molar-refractivity contribution is 0.0695. The lowest BCUT2D eigenvalue weighted by atomic mass is 9.96. The van der Waals surface area contributed by atoms with Crippen LogP contribution < -0.4 is 15.8 Å². The number of aromatic carboxylic acids is 1. The number of nitrogens with one attached hydrogen (secondary N) is 1. The second kappa shape index (κ2) is 11.3. The minimum atomic E-state index is -1.04.